The van der Waals surface area contributed by atoms with E-state index >= 15 is 0 Å². The Balaban J connectivity index is 2.03. The number of piperidine rings is 1. The van der Waals surface area contributed by atoms with Gasteiger partial charge in [0.15, 0.2) is 0 Å². The van der Waals surface area contributed by atoms with Crippen molar-refractivity contribution in [2.75, 3.05) is 6.54 Å². The largest absolute Gasteiger partial charge is 0.391 e. The minimum atomic E-state index is -0.0515. The molecule has 1 aliphatic carbocycles. The first-order chi connectivity index (χ1) is 7.20. The van der Waals surface area contributed by atoms with Crippen LogP contribution in [0.4, 0.5) is 0 Å². The predicted octanol–water partition coefficient (Wildman–Crippen LogP) is 2.41. The van der Waals surface area contributed by atoms with Gasteiger partial charge in [-0.25, -0.2) is 0 Å². The Kier molecular flexibility index (Phi) is 3.68. The second-order valence-electron chi connectivity index (χ2n) is 5.61. The number of hydrogen-bond acceptors (Lipinski definition) is 2. The standard InChI is InChI=1S/C13H25NO/c1-10(2)11-6-3-4-9-14(11)12-7-5-8-13(12)15/h10-13,15H,3-9H2,1-2H3. The molecule has 15 heavy (non-hydrogen) atoms. The van der Waals surface area contributed by atoms with Crippen LogP contribution in [0.3, 0.4) is 0 Å². The summed E-state index contributed by atoms with van der Waals surface area (Å²) in [4.78, 5) is 2.62. The monoisotopic (exact) mass is 211 g/mol. The van der Waals surface area contributed by atoms with Gasteiger partial charge in [-0.15, -0.1) is 0 Å². The van der Waals surface area contributed by atoms with Gasteiger partial charge in [-0.1, -0.05) is 20.3 Å². The molecule has 0 aromatic heterocycles. The topological polar surface area (TPSA) is 23.5 Å². The van der Waals surface area contributed by atoms with E-state index in [1.165, 1.54) is 38.6 Å². The lowest BCUT2D eigenvalue weighted by Crippen LogP contribution is -2.51. The quantitative estimate of drug-likeness (QED) is 0.758. The lowest BCUT2D eigenvalue weighted by Gasteiger charge is -2.43. The Morgan fingerprint density at radius 1 is 1.07 bits per heavy atom. The zero-order valence-electron chi connectivity index (χ0n) is 10.2. The van der Waals surface area contributed by atoms with Crippen LogP contribution in [0.1, 0.15) is 52.4 Å². The molecule has 2 rings (SSSR count). The van der Waals surface area contributed by atoms with Crippen molar-refractivity contribution < 1.29 is 5.11 Å². The number of likely N-dealkylation sites (tertiary alicyclic amines) is 1. The number of aliphatic hydroxyl groups excluding tert-OH is 1. The van der Waals surface area contributed by atoms with E-state index in [1.54, 1.807) is 0 Å². The summed E-state index contributed by atoms with van der Waals surface area (Å²) in [5.74, 6) is 0.734. The second kappa shape index (κ2) is 4.84. The summed E-state index contributed by atoms with van der Waals surface area (Å²) in [6, 6.07) is 1.19. The van der Waals surface area contributed by atoms with Crippen LogP contribution >= 0.6 is 0 Å². The van der Waals surface area contributed by atoms with Crippen LogP contribution in [0.5, 0.6) is 0 Å². The van der Waals surface area contributed by atoms with Gasteiger partial charge in [0.05, 0.1) is 6.10 Å². The van der Waals surface area contributed by atoms with Crippen LogP contribution in [-0.4, -0.2) is 34.7 Å². The van der Waals surface area contributed by atoms with Crippen molar-refractivity contribution in [3.8, 4) is 0 Å². The number of hydrogen-bond donors (Lipinski definition) is 1. The van der Waals surface area contributed by atoms with Crippen LogP contribution < -0.4 is 0 Å². The summed E-state index contributed by atoms with van der Waals surface area (Å²) in [5, 5.41) is 10.00. The summed E-state index contributed by atoms with van der Waals surface area (Å²) < 4.78 is 0. The fourth-order valence-electron chi connectivity index (χ4n) is 3.42. The summed E-state index contributed by atoms with van der Waals surface area (Å²) >= 11 is 0. The molecule has 1 heterocycles. The molecule has 1 aliphatic heterocycles. The van der Waals surface area contributed by atoms with Gasteiger partial charge < -0.3 is 5.11 Å². The molecular weight excluding hydrogens is 186 g/mol. The van der Waals surface area contributed by atoms with E-state index < -0.39 is 0 Å². The highest BCUT2D eigenvalue weighted by atomic mass is 16.3. The van der Waals surface area contributed by atoms with Crippen molar-refractivity contribution in [1.29, 1.82) is 0 Å². The lowest BCUT2D eigenvalue weighted by molar-refractivity contribution is 0.00950. The van der Waals surface area contributed by atoms with Crippen molar-refractivity contribution in [2.24, 2.45) is 5.92 Å². The molecule has 1 saturated carbocycles. The highest BCUT2D eigenvalue weighted by Crippen LogP contribution is 2.32. The molecule has 2 heteroatoms. The van der Waals surface area contributed by atoms with E-state index in [1.807, 2.05) is 0 Å². The Hall–Kier alpha value is -0.0800. The molecule has 3 unspecified atom stereocenters. The van der Waals surface area contributed by atoms with Crippen LogP contribution in [0.25, 0.3) is 0 Å². The number of nitrogens with zero attached hydrogens (tertiary/aromatic N) is 1. The third-order valence-electron chi connectivity index (χ3n) is 4.23. The zero-order chi connectivity index (χ0) is 10.8. The SMILES string of the molecule is CC(C)C1CCCCN1C1CCCC1O. The first-order valence-electron chi connectivity index (χ1n) is 6.64. The molecule has 88 valence electrons. The average Bonchev–Trinajstić information content (AvgIpc) is 2.64. The first kappa shape index (κ1) is 11.4. The third kappa shape index (κ3) is 2.36. The Bertz CT molecular complexity index is 203. The fraction of sp³-hybridized carbons (Fsp3) is 1.00. The van der Waals surface area contributed by atoms with Gasteiger partial charge in [-0.05, 0) is 44.6 Å². The number of rotatable bonds is 2. The Morgan fingerprint density at radius 2 is 1.87 bits per heavy atom. The molecule has 0 aromatic carbocycles. The molecule has 2 fully saturated rings. The molecule has 0 spiro atoms. The molecule has 0 radical (unpaired) electrons. The maximum absolute atomic E-state index is 10.00. The van der Waals surface area contributed by atoms with Crippen molar-refractivity contribution >= 4 is 0 Å². The molecule has 1 saturated heterocycles. The molecule has 0 bridgehead atoms. The molecular formula is C13H25NO. The van der Waals surface area contributed by atoms with Gasteiger partial charge >= 0.3 is 0 Å². The summed E-state index contributed by atoms with van der Waals surface area (Å²) in [7, 11) is 0. The van der Waals surface area contributed by atoms with Crippen LogP contribution in [0.2, 0.25) is 0 Å². The van der Waals surface area contributed by atoms with E-state index in [4.69, 9.17) is 0 Å². The molecule has 3 atom stereocenters. The van der Waals surface area contributed by atoms with Crippen molar-refractivity contribution in [2.45, 2.75) is 70.6 Å². The summed E-state index contributed by atoms with van der Waals surface area (Å²) in [6.07, 6.45) is 7.43. The molecule has 0 amide bonds. The van der Waals surface area contributed by atoms with Gasteiger partial charge in [-0.2, -0.15) is 0 Å². The van der Waals surface area contributed by atoms with E-state index in [0.717, 1.165) is 18.4 Å². The highest BCUT2D eigenvalue weighted by Gasteiger charge is 2.36. The highest BCUT2D eigenvalue weighted by molar-refractivity contribution is 4.91. The summed E-state index contributed by atoms with van der Waals surface area (Å²) in [5.41, 5.74) is 0. The van der Waals surface area contributed by atoms with E-state index in [2.05, 4.69) is 18.7 Å². The van der Waals surface area contributed by atoms with E-state index in [-0.39, 0.29) is 6.10 Å². The summed E-state index contributed by atoms with van der Waals surface area (Å²) in [6.45, 7) is 5.86. The first-order valence-corrected chi connectivity index (χ1v) is 6.64. The second-order valence-corrected chi connectivity index (χ2v) is 5.61. The van der Waals surface area contributed by atoms with Crippen LogP contribution in [0.15, 0.2) is 0 Å². The Morgan fingerprint density at radius 3 is 2.47 bits per heavy atom. The molecule has 0 aromatic rings. The van der Waals surface area contributed by atoms with Crippen molar-refractivity contribution in [1.82, 2.24) is 4.90 Å². The molecule has 2 nitrogen and oxygen atoms in total. The van der Waals surface area contributed by atoms with Crippen molar-refractivity contribution in [3.05, 3.63) is 0 Å². The third-order valence-corrected chi connectivity index (χ3v) is 4.23. The normalized spacial score (nSPS) is 38.8. The maximum atomic E-state index is 10.00. The fourth-order valence-corrected chi connectivity index (χ4v) is 3.42. The van der Waals surface area contributed by atoms with Gasteiger partial charge in [0.2, 0.25) is 0 Å². The van der Waals surface area contributed by atoms with Crippen LogP contribution in [-0.2, 0) is 0 Å². The molecule has 2 aliphatic rings. The zero-order valence-corrected chi connectivity index (χ0v) is 10.2. The predicted molar refractivity (Wildman–Crippen MR) is 62.8 cm³/mol. The van der Waals surface area contributed by atoms with Gasteiger partial charge in [0, 0.05) is 12.1 Å². The van der Waals surface area contributed by atoms with Crippen molar-refractivity contribution in [3.63, 3.8) is 0 Å². The average molecular weight is 211 g/mol. The smallest absolute Gasteiger partial charge is 0.0695 e. The van der Waals surface area contributed by atoms with E-state index in [9.17, 15) is 5.11 Å². The Labute approximate surface area is 93.7 Å². The molecule has 1 N–H and O–H groups in total. The minimum Gasteiger partial charge on any atom is -0.391 e. The maximum Gasteiger partial charge on any atom is 0.0695 e. The van der Waals surface area contributed by atoms with Gasteiger partial charge in [0.1, 0.15) is 0 Å². The lowest BCUT2D eigenvalue weighted by atomic mass is 9.90. The number of aliphatic hydroxyl groups is 1. The van der Waals surface area contributed by atoms with Gasteiger partial charge in [0.25, 0.3) is 0 Å². The minimum absolute atomic E-state index is 0.0515. The van der Waals surface area contributed by atoms with E-state index in [0.29, 0.717) is 6.04 Å². The van der Waals surface area contributed by atoms with Gasteiger partial charge in [-0.3, -0.25) is 4.90 Å². The van der Waals surface area contributed by atoms with Crippen LogP contribution in [0, 0.1) is 5.92 Å².